The van der Waals surface area contributed by atoms with Crippen molar-refractivity contribution in [2.75, 3.05) is 39.1 Å². The first-order valence-corrected chi connectivity index (χ1v) is 9.22. The summed E-state index contributed by atoms with van der Waals surface area (Å²) in [5.41, 5.74) is 6.24. The zero-order valence-electron chi connectivity index (χ0n) is 17.0. The van der Waals surface area contributed by atoms with Gasteiger partial charge in [0, 0.05) is 42.7 Å². The summed E-state index contributed by atoms with van der Waals surface area (Å²) in [6, 6.07) is 4.83. The number of carbonyl (C=O) groups excluding carboxylic acids is 1. The molecule has 0 bridgehead atoms. The molecule has 0 amide bonds. The number of nitrogens with one attached hydrogen (secondary N) is 1. The van der Waals surface area contributed by atoms with Crippen molar-refractivity contribution in [2.45, 2.75) is 26.9 Å². The number of rotatable bonds is 10. The number of nitrogens with two attached hydrogens (primary N) is 1. The molecule has 1 heterocycles. The number of hydrogen-bond donors (Lipinski definition) is 2. The number of aromatic nitrogens is 2. The summed E-state index contributed by atoms with van der Waals surface area (Å²) < 4.78 is 19.8. The number of anilines is 1. The van der Waals surface area contributed by atoms with Gasteiger partial charge in [0.1, 0.15) is 24.7 Å². The molecular formula is C21H31FN6O2. The Labute approximate surface area is 177 Å². The fourth-order valence-corrected chi connectivity index (χ4v) is 2.66. The molecule has 0 saturated carbocycles. The molecule has 0 unspecified atom stereocenters. The van der Waals surface area contributed by atoms with E-state index < -0.39 is 11.8 Å². The molecule has 2 rings (SSSR count). The van der Waals surface area contributed by atoms with Crippen LogP contribution in [0.25, 0.3) is 11.1 Å². The maximum atomic E-state index is 14.8. The van der Waals surface area contributed by atoms with Gasteiger partial charge in [-0.3, -0.25) is 10.2 Å². The number of esters is 1. The third-order valence-electron chi connectivity index (χ3n) is 4.19. The standard InChI is InChI=1S/C20H27FN6O2.CH4/c1-26(2)8-5-9-27(3)20-24-11-15(12-25-20)16-7-4-6-14(19(16)21)13-29-18(28)10-17(22)23;/h4,6-7,11-12H,5,8-10,13H2,1-3H3,(H3,22,23);1H4. The summed E-state index contributed by atoms with van der Waals surface area (Å²) >= 11 is 0. The van der Waals surface area contributed by atoms with Crippen LogP contribution in [0.15, 0.2) is 30.6 Å². The lowest BCUT2D eigenvalue weighted by molar-refractivity contribution is -0.143. The van der Waals surface area contributed by atoms with E-state index in [1.54, 1.807) is 24.5 Å². The average Bonchev–Trinajstić information content (AvgIpc) is 2.66. The number of amidine groups is 1. The molecule has 0 atom stereocenters. The van der Waals surface area contributed by atoms with E-state index in [1.165, 1.54) is 6.07 Å². The van der Waals surface area contributed by atoms with Crippen LogP contribution in [-0.2, 0) is 16.1 Å². The third kappa shape index (κ3) is 7.40. The topological polar surface area (TPSA) is 108 Å². The Hall–Kier alpha value is -3.07. The first-order chi connectivity index (χ1) is 13.8. The van der Waals surface area contributed by atoms with Crippen molar-refractivity contribution >= 4 is 17.8 Å². The van der Waals surface area contributed by atoms with E-state index in [9.17, 15) is 9.18 Å². The Morgan fingerprint density at radius 2 is 1.87 bits per heavy atom. The number of hydrogen-bond acceptors (Lipinski definition) is 7. The van der Waals surface area contributed by atoms with Crippen molar-refractivity contribution in [1.82, 2.24) is 14.9 Å². The largest absolute Gasteiger partial charge is 0.460 e. The van der Waals surface area contributed by atoms with Crippen molar-refractivity contribution in [3.8, 4) is 11.1 Å². The minimum absolute atomic E-state index is 0. The lowest BCUT2D eigenvalue weighted by atomic mass is 10.1. The van der Waals surface area contributed by atoms with Crippen LogP contribution in [0.3, 0.4) is 0 Å². The molecule has 1 aromatic carbocycles. The third-order valence-corrected chi connectivity index (χ3v) is 4.19. The van der Waals surface area contributed by atoms with Crippen LogP contribution in [0.1, 0.15) is 25.8 Å². The molecule has 8 nitrogen and oxygen atoms in total. The molecule has 2 aromatic rings. The normalized spacial score (nSPS) is 10.4. The monoisotopic (exact) mass is 418 g/mol. The van der Waals surface area contributed by atoms with Crippen molar-refractivity contribution in [3.05, 3.63) is 42.0 Å². The van der Waals surface area contributed by atoms with Crippen molar-refractivity contribution in [2.24, 2.45) is 5.73 Å². The van der Waals surface area contributed by atoms with Crippen LogP contribution in [-0.4, -0.2) is 60.9 Å². The minimum atomic E-state index is -0.674. The molecule has 164 valence electrons. The Morgan fingerprint density at radius 1 is 1.20 bits per heavy atom. The van der Waals surface area contributed by atoms with E-state index in [0.29, 0.717) is 17.1 Å². The van der Waals surface area contributed by atoms with Gasteiger partial charge in [-0.15, -0.1) is 0 Å². The van der Waals surface area contributed by atoms with Gasteiger partial charge in [-0.05, 0) is 27.1 Å². The summed E-state index contributed by atoms with van der Waals surface area (Å²) in [5, 5.41) is 7.08. The van der Waals surface area contributed by atoms with Gasteiger partial charge in [0.05, 0.1) is 0 Å². The van der Waals surface area contributed by atoms with E-state index in [0.717, 1.165) is 19.5 Å². The lowest BCUT2D eigenvalue weighted by Gasteiger charge is -2.18. The quantitative estimate of drug-likeness (QED) is 0.347. The summed E-state index contributed by atoms with van der Waals surface area (Å²) in [5.74, 6) is -0.901. The van der Waals surface area contributed by atoms with E-state index >= 15 is 0 Å². The van der Waals surface area contributed by atoms with Crippen molar-refractivity contribution < 1.29 is 13.9 Å². The second-order valence-electron chi connectivity index (χ2n) is 6.99. The molecule has 30 heavy (non-hydrogen) atoms. The predicted octanol–water partition coefficient (Wildman–Crippen LogP) is 2.68. The Kier molecular flexibility index (Phi) is 9.83. The molecule has 0 radical (unpaired) electrons. The summed E-state index contributed by atoms with van der Waals surface area (Å²) in [7, 11) is 5.97. The van der Waals surface area contributed by atoms with Crippen LogP contribution >= 0.6 is 0 Å². The first kappa shape index (κ1) is 25.0. The Morgan fingerprint density at radius 3 is 2.47 bits per heavy atom. The molecule has 0 spiro atoms. The maximum absolute atomic E-state index is 14.8. The number of carbonyl (C=O) groups is 1. The van der Waals surface area contributed by atoms with Gasteiger partial charge in [0.2, 0.25) is 5.95 Å². The van der Waals surface area contributed by atoms with E-state index in [1.807, 2.05) is 26.0 Å². The van der Waals surface area contributed by atoms with Crippen LogP contribution in [0.4, 0.5) is 10.3 Å². The SMILES string of the molecule is C.CN(C)CCCN(C)c1ncc(-c2cccc(COC(=O)CC(=N)N)c2F)cn1. The number of halogens is 1. The Bertz CT molecular complexity index is 842. The number of benzene rings is 1. The molecular weight excluding hydrogens is 387 g/mol. The van der Waals surface area contributed by atoms with Crippen LogP contribution in [0.2, 0.25) is 0 Å². The molecule has 9 heteroatoms. The van der Waals surface area contributed by atoms with Gasteiger partial charge < -0.3 is 20.3 Å². The molecule has 0 aliphatic carbocycles. The van der Waals surface area contributed by atoms with E-state index in [4.69, 9.17) is 15.9 Å². The molecule has 1 aromatic heterocycles. The summed E-state index contributed by atoms with van der Waals surface area (Å²) in [6.07, 6.45) is 3.82. The Balaban J connectivity index is 0.00000450. The van der Waals surface area contributed by atoms with E-state index in [-0.39, 0.29) is 31.9 Å². The minimum Gasteiger partial charge on any atom is -0.460 e. The number of nitrogens with zero attached hydrogens (tertiary/aromatic N) is 4. The highest BCUT2D eigenvalue weighted by atomic mass is 19.1. The van der Waals surface area contributed by atoms with Gasteiger partial charge in [-0.25, -0.2) is 14.4 Å². The average molecular weight is 419 g/mol. The second kappa shape index (κ2) is 11.8. The second-order valence-corrected chi connectivity index (χ2v) is 6.99. The first-order valence-electron chi connectivity index (χ1n) is 9.22. The molecule has 0 aliphatic heterocycles. The molecule has 0 aliphatic rings. The maximum Gasteiger partial charge on any atom is 0.313 e. The highest BCUT2D eigenvalue weighted by Crippen LogP contribution is 2.25. The molecule has 0 fully saturated rings. The number of ether oxygens (including phenoxy) is 1. The van der Waals surface area contributed by atoms with Crippen LogP contribution in [0.5, 0.6) is 0 Å². The van der Waals surface area contributed by atoms with Gasteiger partial charge in [-0.2, -0.15) is 0 Å². The van der Waals surface area contributed by atoms with Gasteiger partial charge in [0.15, 0.2) is 0 Å². The lowest BCUT2D eigenvalue weighted by Crippen LogP contribution is -2.24. The van der Waals surface area contributed by atoms with Crippen LogP contribution in [0, 0.1) is 11.2 Å². The summed E-state index contributed by atoms with van der Waals surface area (Å²) in [4.78, 5) is 24.3. The predicted molar refractivity (Wildman–Crippen MR) is 117 cm³/mol. The smallest absolute Gasteiger partial charge is 0.313 e. The fraction of sp³-hybridized carbons (Fsp3) is 0.429. The fourth-order valence-electron chi connectivity index (χ4n) is 2.66. The van der Waals surface area contributed by atoms with Crippen LogP contribution < -0.4 is 10.6 Å². The van der Waals surface area contributed by atoms with Gasteiger partial charge in [0.25, 0.3) is 0 Å². The molecule has 3 N–H and O–H groups in total. The van der Waals surface area contributed by atoms with Gasteiger partial charge in [-0.1, -0.05) is 25.6 Å². The zero-order valence-corrected chi connectivity index (χ0v) is 17.0. The summed E-state index contributed by atoms with van der Waals surface area (Å²) in [6.45, 7) is 1.55. The van der Waals surface area contributed by atoms with Crippen molar-refractivity contribution in [3.63, 3.8) is 0 Å². The zero-order chi connectivity index (χ0) is 21.4. The highest BCUT2D eigenvalue weighted by Gasteiger charge is 2.14. The molecule has 0 saturated heterocycles. The van der Waals surface area contributed by atoms with E-state index in [2.05, 4.69) is 14.9 Å². The van der Waals surface area contributed by atoms with Crippen molar-refractivity contribution in [1.29, 1.82) is 5.41 Å². The highest BCUT2D eigenvalue weighted by molar-refractivity contribution is 5.94. The van der Waals surface area contributed by atoms with Gasteiger partial charge >= 0.3 is 5.97 Å².